The Labute approximate surface area is 140 Å². The number of nitrogens with zero attached hydrogens (tertiary/aromatic N) is 5. The van der Waals surface area contributed by atoms with Gasteiger partial charge in [-0.25, -0.2) is 0 Å². The van der Waals surface area contributed by atoms with Crippen LogP contribution in [0.1, 0.15) is 0 Å². The minimum absolute atomic E-state index is 0.720. The molecule has 0 saturated carbocycles. The second-order valence-electron chi connectivity index (χ2n) is 4.88. The van der Waals surface area contributed by atoms with E-state index in [4.69, 9.17) is 0 Å². The molecule has 0 unspecified atom stereocenters. The first-order chi connectivity index (χ1) is 10.8. The van der Waals surface area contributed by atoms with Crippen molar-refractivity contribution in [1.29, 1.82) is 0 Å². The summed E-state index contributed by atoms with van der Waals surface area (Å²) >= 11 is 5.28. The summed E-state index contributed by atoms with van der Waals surface area (Å²) in [6.45, 7) is 0.720. The second-order valence-corrected chi connectivity index (χ2v) is 6.65. The predicted octanol–water partition coefficient (Wildman–Crippen LogP) is 3.63. The van der Waals surface area contributed by atoms with Crippen molar-refractivity contribution < 1.29 is 0 Å². The topological polar surface area (TPSA) is 46.8 Å². The number of anilines is 1. The number of pyridine rings is 1. The lowest BCUT2D eigenvalue weighted by Crippen LogP contribution is -2.30. The van der Waals surface area contributed by atoms with Crippen LogP contribution in [-0.4, -0.2) is 25.6 Å². The quantitative estimate of drug-likeness (QED) is 0.686. The smallest absolute Gasteiger partial charge is 0.194 e. The van der Waals surface area contributed by atoms with Crippen molar-refractivity contribution in [2.45, 2.75) is 11.8 Å². The average Bonchev–Trinajstić information content (AvgIpc) is 2.99. The minimum Gasteiger partial charge on any atom is -0.342 e. The third-order valence-corrected chi connectivity index (χ3v) is 5.20. The van der Waals surface area contributed by atoms with Crippen LogP contribution in [0.5, 0.6) is 0 Å². The molecule has 3 aromatic rings. The Morgan fingerprint density at radius 1 is 1.09 bits per heavy atom. The fourth-order valence-corrected chi connectivity index (χ4v) is 3.77. The van der Waals surface area contributed by atoms with E-state index < -0.39 is 0 Å². The molecule has 7 heteroatoms. The van der Waals surface area contributed by atoms with Gasteiger partial charge in [-0.15, -0.1) is 10.2 Å². The first-order valence-electron chi connectivity index (χ1n) is 6.79. The van der Waals surface area contributed by atoms with Crippen LogP contribution >= 0.6 is 27.7 Å². The Morgan fingerprint density at radius 3 is 2.82 bits per heavy atom. The van der Waals surface area contributed by atoms with Gasteiger partial charge in [0, 0.05) is 16.2 Å². The monoisotopic (exact) mass is 373 g/mol. The zero-order valence-electron chi connectivity index (χ0n) is 11.6. The summed E-state index contributed by atoms with van der Waals surface area (Å²) in [6.07, 6.45) is 3.67. The summed E-state index contributed by atoms with van der Waals surface area (Å²) in [5.41, 5.74) is 2.15. The third kappa shape index (κ3) is 2.40. The Balaban J connectivity index is 1.73. The molecular formula is C15H12BrN5S. The number of fused-ring (bicyclic) bond motifs is 1. The van der Waals surface area contributed by atoms with Gasteiger partial charge in [0.05, 0.1) is 24.4 Å². The van der Waals surface area contributed by atoms with Gasteiger partial charge in [-0.1, -0.05) is 45.9 Å². The van der Waals surface area contributed by atoms with Gasteiger partial charge in [-0.3, -0.25) is 9.55 Å². The zero-order valence-corrected chi connectivity index (χ0v) is 14.0. The van der Waals surface area contributed by atoms with Crippen LogP contribution in [0.2, 0.25) is 0 Å². The lowest BCUT2D eigenvalue weighted by atomic mass is 10.2. The number of thioether (sulfide) groups is 1. The predicted molar refractivity (Wildman–Crippen MR) is 90.6 cm³/mol. The van der Waals surface area contributed by atoms with Gasteiger partial charge >= 0.3 is 0 Å². The van der Waals surface area contributed by atoms with E-state index in [0.717, 1.165) is 39.2 Å². The van der Waals surface area contributed by atoms with Crippen molar-refractivity contribution in [3.63, 3.8) is 0 Å². The molecule has 0 saturated heterocycles. The molecule has 0 bridgehead atoms. The molecule has 0 atom stereocenters. The van der Waals surface area contributed by atoms with Gasteiger partial charge in [-0.2, -0.15) is 0 Å². The molecule has 5 nitrogen and oxygen atoms in total. The van der Waals surface area contributed by atoms with E-state index in [-0.39, 0.29) is 0 Å². The molecule has 0 amide bonds. The van der Waals surface area contributed by atoms with Gasteiger partial charge in [0.1, 0.15) is 0 Å². The van der Waals surface area contributed by atoms with E-state index in [9.17, 15) is 0 Å². The van der Waals surface area contributed by atoms with Crippen molar-refractivity contribution in [2.24, 2.45) is 0 Å². The Morgan fingerprint density at radius 2 is 2.00 bits per heavy atom. The standard InChI is InChI=1S/C15H12BrN5S/c16-13-6-2-1-5-12(13)14-18-19-15-21(14)9-20(10-22-15)11-4-3-7-17-8-11/h1-8H,9-10H2. The number of aromatic nitrogens is 4. The molecule has 0 spiro atoms. The lowest BCUT2D eigenvalue weighted by molar-refractivity contribution is 0.607. The van der Waals surface area contributed by atoms with Crippen LogP contribution < -0.4 is 4.90 Å². The maximum absolute atomic E-state index is 4.38. The van der Waals surface area contributed by atoms with Crippen molar-refractivity contribution in [3.05, 3.63) is 53.3 Å². The largest absolute Gasteiger partial charge is 0.342 e. The summed E-state index contributed by atoms with van der Waals surface area (Å²) in [6, 6.07) is 12.1. The fraction of sp³-hybridized carbons (Fsp3) is 0.133. The van der Waals surface area contributed by atoms with Crippen LogP contribution in [-0.2, 0) is 6.67 Å². The van der Waals surface area contributed by atoms with Crippen LogP contribution in [0.15, 0.2) is 58.4 Å². The maximum atomic E-state index is 4.38. The minimum atomic E-state index is 0.720. The highest BCUT2D eigenvalue weighted by Crippen LogP contribution is 2.33. The van der Waals surface area contributed by atoms with Gasteiger partial charge in [0.2, 0.25) is 0 Å². The van der Waals surface area contributed by atoms with Crippen molar-refractivity contribution >= 4 is 33.4 Å². The molecule has 0 aliphatic carbocycles. The second kappa shape index (κ2) is 5.73. The number of hydrogen-bond acceptors (Lipinski definition) is 5. The highest BCUT2D eigenvalue weighted by Gasteiger charge is 2.23. The van der Waals surface area contributed by atoms with Gasteiger partial charge in [0.25, 0.3) is 0 Å². The number of hydrogen-bond donors (Lipinski definition) is 0. The van der Waals surface area contributed by atoms with E-state index in [1.807, 2.05) is 30.5 Å². The van der Waals surface area contributed by atoms with Crippen LogP contribution in [0.3, 0.4) is 0 Å². The lowest BCUT2D eigenvalue weighted by Gasteiger charge is -2.29. The molecule has 1 aliphatic rings. The van der Waals surface area contributed by atoms with Crippen molar-refractivity contribution in [3.8, 4) is 11.4 Å². The number of benzene rings is 1. The summed E-state index contributed by atoms with van der Waals surface area (Å²) in [5.74, 6) is 1.73. The zero-order chi connectivity index (χ0) is 14.9. The first kappa shape index (κ1) is 13.8. The van der Waals surface area contributed by atoms with Gasteiger partial charge < -0.3 is 4.90 Å². The van der Waals surface area contributed by atoms with E-state index in [0.29, 0.717) is 0 Å². The molecule has 22 heavy (non-hydrogen) atoms. The SMILES string of the molecule is Brc1ccccc1-c1nnc2n1CN(c1cccnc1)CS2. The maximum Gasteiger partial charge on any atom is 0.194 e. The molecular weight excluding hydrogens is 362 g/mol. The van der Waals surface area contributed by atoms with Crippen LogP contribution in [0, 0.1) is 0 Å². The molecule has 3 heterocycles. The summed E-state index contributed by atoms with van der Waals surface area (Å²) in [7, 11) is 0. The van der Waals surface area contributed by atoms with Crippen molar-refractivity contribution in [1.82, 2.24) is 19.7 Å². The average molecular weight is 374 g/mol. The molecule has 1 aliphatic heterocycles. The Hall–Kier alpha value is -1.86. The number of halogens is 1. The van der Waals surface area contributed by atoms with E-state index >= 15 is 0 Å². The van der Waals surface area contributed by atoms with E-state index in [1.54, 1.807) is 18.0 Å². The molecule has 1 aromatic carbocycles. The normalized spacial score (nSPS) is 14.0. The van der Waals surface area contributed by atoms with E-state index in [2.05, 4.69) is 52.7 Å². The van der Waals surface area contributed by atoms with Gasteiger partial charge in [0.15, 0.2) is 11.0 Å². The molecule has 2 aromatic heterocycles. The number of rotatable bonds is 2. The van der Waals surface area contributed by atoms with Crippen LogP contribution in [0.25, 0.3) is 11.4 Å². The highest BCUT2D eigenvalue weighted by molar-refractivity contribution is 9.10. The summed E-state index contributed by atoms with van der Waals surface area (Å²) in [4.78, 5) is 6.46. The summed E-state index contributed by atoms with van der Waals surface area (Å²) in [5, 5.41) is 9.64. The first-order valence-corrected chi connectivity index (χ1v) is 8.56. The van der Waals surface area contributed by atoms with Gasteiger partial charge in [-0.05, 0) is 18.2 Å². The third-order valence-electron chi connectivity index (χ3n) is 3.50. The molecule has 0 fully saturated rings. The molecule has 0 N–H and O–H groups in total. The van der Waals surface area contributed by atoms with E-state index in [1.165, 1.54) is 0 Å². The molecule has 4 rings (SSSR count). The van der Waals surface area contributed by atoms with Crippen molar-refractivity contribution in [2.75, 3.05) is 10.8 Å². The molecule has 0 radical (unpaired) electrons. The molecule has 110 valence electrons. The Kier molecular flexibility index (Phi) is 3.59. The highest BCUT2D eigenvalue weighted by atomic mass is 79.9. The van der Waals surface area contributed by atoms with Crippen LogP contribution in [0.4, 0.5) is 5.69 Å². The Bertz CT molecular complexity index is 805. The summed E-state index contributed by atoms with van der Waals surface area (Å²) < 4.78 is 3.16. The fourth-order valence-electron chi connectivity index (χ4n) is 2.41.